The van der Waals surface area contributed by atoms with Crippen LogP contribution in [0, 0.1) is 11.8 Å². The quantitative estimate of drug-likeness (QED) is 0.172. The Labute approximate surface area is 186 Å². The van der Waals surface area contributed by atoms with Crippen LogP contribution in [0.5, 0.6) is 5.75 Å². The van der Waals surface area contributed by atoms with Crippen molar-refractivity contribution in [3.05, 3.63) is 29.8 Å². The molecule has 8 heteroatoms. The molecule has 7 nitrogen and oxygen atoms in total. The second-order valence-electron chi connectivity index (χ2n) is 7.84. The summed E-state index contributed by atoms with van der Waals surface area (Å²) in [6.45, 7) is 8.99. The zero-order chi connectivity index (χ0) is 22.2. The molecule has 0 radical (unpaired) electrons. The first-order chi connectivity index (χ1) is 13.3. The smallest absolute Gasteiger partial charge is 0.251 e. The largest absolute Gasteiger partial charge is 0.481 e. The van der Waals surface area contributed by atoms with Crippen molar-refractivity contribution >= 4 is 34.3 Å². The molecule has 0 aliphatic heterocycles. The highest BCUT2D eigenvalue weighted by Gasteiger charge is 2.33. The van der Waals surface area contributed by atoms with Crippen molar-refractivity contribution in [2.45, 2.75) is 55.8 Å². The van der Waals surface area contributed by atoms with Crippen LogP contribution in [0.25, 0.3) is 0 Å². The Morgan fingerprint density at radius 3 is 2.31 bits per heavy atom. The molecule has 1 unspecified atom stereocenters. The molecule has 1 aromatic rings. The zero-order valence-electron chi connectivity index (χ0n) is 17.5. The number of carbonyl (C=O) groups is 2. The average Bonchev–Trinajstić information content (AvgIpc) is 2.59. The van der Waals surface area contributed by atoms with Gasteiger partial charge in [0.2, 0.25) is 0 Å². The van der Waals surface area contributed by atoms with E-state index in [1.807, 2.05) is 13.8 Å². The summed E-state index contributed by atoms with van der Waals surface area (Å²) in [5.74, 6) is 5.88. The summed E-state index contributed by atoms with van der Waals surface area (Å²) in [5, 5.41) is 14.6. The number of nitrogens with two attached hydrogens (primary N) is 1. The highest BCUT2D eigenvalue weighted by Crippen LogP contribution is 2.15. The van der Waals surface area contributed by atoms with Crippen molar-refractivity contribution in [1.82, 2.24) is 10.6 Å². The number of carbonyl (C=O) groups excluding carboxylic acids is 2. The van der Waals surface area contributed by atoms with Crippen molar-refractivity contribution in [2.75, 3.05) is 13.2 Å². The Balaban J connectivity index is 2.75. The van der Waals surface area contributed by atoms with E-state index >= 15 is 0 Å². The number of amides is 1. The lowest BCUT2D eigenvalue weighted by Gasteiger charge is -2.30. The van der Waals surface area contributed by atoms with Crippen molar-refractivity contribution in [2.24, 2.45) is 5.73 Å². The standard InChI is InChI=1S/C21H30IN3O4/c1-14(26)24-13-17(27)18(21(4,5)23)25-19(28)15-7-9-16(10-8-15)29-12-6-11-20(2,3)22/h7-10,14,18,24,26H,12-13,23H2,1-5H3,(H,25,28)/t14-,18?/m0/s1. The van der Waals surface area contributed by atoms with Gasteiger partial charge in [-0.15, -0.1) is 0 Å². The number of aliphatic hydroxyl groups excluding tert-OH is 1. The van der Waals surface area contributed by atoms with Crippen molar-refractivity contribution in [3.8, 4) is 17.6 Å². The summed E-state index contributed by atoms with van der Waals surface area (Å²) >= 11 is 2.25. The summed E-state index contributed by atoms with van der Waals surface area (Å²) < 4.78 is 5.44. The third-order valence-corrected chi connectivity index (χ3v) is 4.00. The molecule has 160 valence electrons. The number of Topliss-reactive ketones (excluding diaryl/α,β-unsaturated/α-hetero) is 1. The summed E-state index contributed by atoms with van der Waals surface area (Å²) in [5.41, 5.74) is 5.48. The second kappa shape index (κ2) is 10.9. The van der Waals surface area contributed by atoms with Gasteiger partial charge in [0.25, 0.3) is 5.91 Å². The van der Waals surface area contributed by atoms with E-state index in [1.54, 1.807) is 38.1 Å². The number of ether oxygens (including phenoxy) is 1. The predicted octanol–water partition coefficient (Wildman–Crippen LogP) is 1.62. The van der Waals surface area contributed by atoms with E-state index in [9.17, 15) is 14.7 Å². The molecule has 0 aliphatic carbocycles. The fourth-order valence-electron chi connectivity index (χ4n) is 2.31. The Hall–Kier alpha value is -1.67. The number of ketones is 1. The number of aliphatic hydroxyl groups is 1. The minimum Gasteiger partial charge on any atom is -0.481 e. The molecule has 2 atom stereocenters. The third-order valence-electron chi connectivity index (χ3n) is 3.73. The molecule has 0 aromatic heterocycles. The number of alkyl halides is 1. The van der Waals surface area contributed by atoms with E-state index in [1.165, 1.54) is 6.92 Å². The van der Waals surface area contributed by atoms with Crippen molar-refractivity contribution in [1.29, 1.82) is 0 Å². The van der Waals surface area contributed by atoms with Crippen molar-refractivity contribution in [3.63, 3.8) is 0 Å². The van der Waals surface area contributed by atoms with E-state index in [4.69, 9.17) is 10.5 Å². The third kappa shape index (κ3) is 10.1. The number of benzene rings is 1. The molecule has 0 saturated carbocycles. The monoisotopic (exact) mass is 515 g/mol. The van der Waals surface area contributed by atoms with Crippen LogP contribution in [0.15, 0.2) is 24.3 Å². The Bertz CT molecular complexity index is 753. The van der Waals surface area contributed by atoms with Gasteiger partial charge in [-0.25, -0.2) is 0 Å². The fourth-order valence-corrected chi connectivity index (χ4v) is 2.51. The minimum atomic E-state index is -0.971. The number of rotatable bonds is 9. The van der Waals surface area contributed by atoms with Gasteiger partial charge in [0.15, 0.2) is 5.78 Å². The van der Waals surface area contributed by atoms with Gasteiger partial charge in [-0.1, -0.05) is 34.4 Å². The van der Waals surface area contributed by atoms with Crippen LogP contribution in [-0.4, -0.2) is 51.2 Å². The molecule has 1 aromatic carbocycles. The molecule has 0 spiro atoms. The van der Waals surface area contributed by atoms with Crippen LogP contribution < -0.4 is 21.1 Å². The molecule has 0 bridgehead atoms. The normalized spacial score (nSPS) is 13.7. The maximum Gasteiger partial charge on any atom is 0.251 e. The summed E-state index contributed by atoms with van der Waals surface area (Å²) in [4.78, 5) is 25.0. The first-order valence-corrected chi connectivity index (χ1v) is 10.3. The summed E-state index contributed by atoms with van der Waals surface area (Å²) in [6, 6.07) is 5.65. The molecule has 0 fully saturated rings. The van der Waals surface area contributed by atoms with Crippen LogP contribution in [0.2, 0.25) is 0 Å². The van der Waals surface area contributed by atoms with Gasteiger partial charge in [-0.3, -0.25) is 14.9 Å². The number of halogens is 1. The van der Waals surface area contributed by atoms with Gasteiger partial charge < -0.3 is 20.9 Å². The molecule has 1 amide bonds. The Kier molecular flexibility index (Phi) is 9.55. The van der Waals surface area contributed by atoms with Gasteiger partial charge in [-0.2, -0.15) is 0 Å². The molecule has 29 heavy (non-hydrogen) atoms. The predicted molar refractivity (Wildman–Crippen MR) is 122 cm³/mol. The molecular formula is C21H30IN3O4. The van der Waals surface area contributed by atoms with Crippen LogP contribution in [0.4, 0.5) is 0 Å². The van der Waals surface area contributed by atoms with Crippen LogP contribution >= 0.6 is 22.6 Å². The van der Waals surface area contributed by atoms with Gasteiger partial charge in [0.05, 0.1) is 9.97 Å². The highest BCUT2D eigenvalue weighted by molar-refractivity contribution is 14.1. The SMILES string of the molecule is C[C@H](O)NCC(=O)C(NC(=O)c1ccc(OCC#CC(C)(C)I)cc1)C(C)(C)N. The van der Waals surface area contributed by atoms with E-state index in [0.717, 1.165) is 0 Å². The average molecular weight is 515 g/mol. The number of nitrogens with one attached hydrogen (secondary N) is 2. The fraction of sp³-hybridized carbons (Fsp3) is 0.524. The lowest BCUT2D eigenvalue weighted by molar-refractivity contribution is -0.121. The summed E-state index contributed by atoms with van der Waals surface area (Å²) in [7, 11) is 0. The Morgan fingerprint density at radius 2 is 1.83 bits per heavy atom. The maximum absolute atomic E-state index is 12.6. The Morgan fingerprint density at radius 1 is 1.24 bits per heavy atom. The molecule has 5 N–H and O–H groups in total. The van der Waals surface area contributed by atoms with Crippen molar-refractivity contribution < 1.29 is 19.4 Å². The van der Waals surface area contributed by atoms with E-state index < -0.39 is 23.7 Å². The van der Waals surface area contributed by atoms with E-state index in [0.29, 0.717) is 11.3 Å². The molecule has 0 aliphatic rings. The molecule has 0 saturated heterocycles. The molecule has 0 heterocycles. The lowest BCUT2D eigenvalue weighted by Crippen LogP contribution is -2.60. The van der Waals surface area contributed by atoms with E-state index in [-0.39, 0.29) is 22.4 Å². The van der Waals surface area contributed by atoms with Crippen LogP contribution in [0.3, 0.4) is 0 Å². The highest BCUT2D eigenvalue weighted by atomic mass is 127. The van der Waals surface area contributed by atoms with Gasteiger partial charge >= 0.3 is 0 Å². The molecular weight excluding hydrogens is 485 g/mol. The zero-order valence-corrected chi connectivity index (χ0v) is 19.7. The first kappa shape index (κ1) is 25.4. The van der Waals surface area contributed by atoms with Crippen LogP contribution in [0.1, 0.15) is 45.0 Å². The second-order valence-corrected chi connectivity index (χ2v) is 10.5. The first-order valence-electron chi connectivity index (χ1n) is 9.25. The van der Waals surface area contributed by atoms with Gasteiger partial charge in [0, 0.05) is 11.1 Å². The number of hydrogen-bond acceptors (Lipinski definition) is 6. The lowest BCUT2D eigenvalue weighted by atomic mass is 9.91. The maximum atomic E-state index is 12.6. The summed E-state index contributed by atoms with van der Waals surface area (Å²) in [6.07, 6.45) is -0.837. The van der Waals surface area contributed by atoms with Gasteiger partial charge in [0.1, 0.15) is 24.6 Å². The minimum absolute atomic E-state index is 0.106. The van der Waals surface area contributed by atoms with Gasteiger partial charge in [-0.05, 0) is 58.9 Å². The number of hydrogen-bond donors (Lipinski definition) is 4. The van der Waals surface area contributed by atoms with E-state index in [2.05, 4.69) is 45.1 Å². The molecule has 1 rings (SSSR count). The van der Waals surface area contributed by atoms with Crippen LogP contribution in [-0.2, 0) is 4.79 Å². The topological polar surface area (TPSA) is 114 Å².